The lowest BCUT2D eigenvalue weighted by molar-refractivity contribution is 0.499. The molecule has 0 aliphatic carbocycles. The Morgan fingerprint density at radius 2 is 1.92 bits per heavy atom. The summed E-state index contributed by atoms with van der Waals surface area (Å²) < 4.78 is 43.4. The van der Waals surface area contributed by atoms with Crippen molar-refractivity contribution in [3.8, 4) is 11.1 Å². The maximum Gasteiger partial charge on any atom is 0.254 e. The van der Waals surface area contributed by atoms with Crippen LogP contribution in [0.1, 0.15) is 6.42 Å². The average Bonchev–Trinajstić information content (AvgIpc) is 3.04. The molecule has 0 unspecified atom stereocenters. The van der Waals surface area contributed by atoms with Crippen LogP contribution in [-0.4, -0.2) is 39.1 Å². The Morgan fingerprint density at radius 1 is 1.17 bits per heavy atom. The molecule has 0 fully saturated rings. The third kappa shape index (κ3) is 2.77. The van der Waals surface area contributed by atoms with Gasteiger partial charge in [-0.2, -0.15) is 14.6 Å². The molecule has 0 N–H and O–H groups in total. The summed E-state index contributed by atoms with van der Waals surface area (Å²) >= 11 is 5.71. The van der Waals surface area contributed by atoms with Gasteiger partial charge in [-0.3, -0.25) is 0 Å². The Bertz CT molecular complexity index is 883. The highest BCUT2D eigenvalue weighted by Crippen LogP contribution is 2.34. The molecule has 0 amide bonds. The van der Waals surface area contributed by atoms with Gasteiger partial charge in [0, 0.05) is 31.2 Å². The molecule has 0 saturated carbocycles. The van der Waals surface area contributed by atoms with Gasteiger partial charge in [0.1, 0.15) is 18.0 Å². The fraction of sp³-hybridized carbons (Fsp3) is 0.267. The quantitative estimate of drug-likeness (QED) is 0.520. The number of halogens is 4. The van der Waals surface area contributed by atoms with Gasteiger partial charge in [-0.1, -0.05) is 0 Å². The second-order valence-corrected chi connectivity index (χ2v) is 5.53. The van der Waals surface area contributed by atoms with Crippen molar-refractivity contribution in [1.29, 1.82) is 0 Å². The van der Waals surface area contributed by atoms with Gasteiger partial charge in [-0.15, -0.1) is 11.6 Å². The summed E-state index contributed by atoms with van der Waals surface area (Å²) in [7, 11) is 1.72. The van der Waals surface area contributed by atoms with E-state index in [2.05, 4.69) is 15.1 Å². The van der Waals surface area contributed by atoms with Crippen LogP contribution in [0.3, 0.4) is 0 Å². The van der Waals surface area contributed by atoms with Gasteiger partial charge in [0.15, 0.2) is 11.6 Å². The minimum atomic E-state index is -1.27. The van der Waals surface area contributed by atoms with Crippen LogP contribution in [0, 0.1) is 17.5 Å². The third-order valence-corrected chi connectivity index (χ3v) is 3.85. The van der Waals surface area contributed by atoms with Gasteiger partial charge in [0.05, 0.1) is 5.56 Å². The first kappa shape index (κ1) is 16.5. The number of anilines is 1. The number of benzene rings is 1. The van der Waals surface area contributed by atoms with Crippen LogP contribution in [0.4, 0.5) is 19.0 Å². The smallest absolute Gasteiger partial charge is 0.254 e. The van der Waals surface area contributed by atoms with Gasteiger partial charge in [0.25, 0.3) is 5.78 Å². The number of nitrogens with zero attached hydrogens (tertiary/aromatic N) is 5. The van der Waals surface area contributed by atoms with Crippen LogP contribution in [0.25, 0.3) is 16.9 Å². The molecule has 0 saturated heterocycles. The number of aromatic nitrogens is 4. The van der Waals surface area contributed by atoms with Crippen LogP contribution in [-0.2, 0) is 0 Å². The first-order chi connectivity index (χ1) is 11.5. The summed E-state index contributed by atoms with van der Waals surface area (Å²) in [4.78, 5) is 9.73. The zero-order valence-corrected chi connectivity index (χ0v) is 13.4. The van der Waals surface area contributed by atoms with E-state index in [0.29, 0.717) is 24.7 Å². The molecule has 0 aliphatic heterocycles. The van der Waals surface area contributed by atoms with Crippen molar-refractivity contribution in [2.45, 2.75) is 6.42 Å². The normalized spacial score (nSPS) is 11.2. The fourth-order valence-corrected chi connectivity index (χ4v) is 2.61. The maximum absolute atomic E-state index is 14.2. The third-order valence-electron chi connectivity index (χ3n) is 3.58. The number of rotatable bonds is 5. The Labute approximate surface area is 140 Å². The molecule has 2 aromatic heterocycles. The van der Waals surface area contributed by atoms with E-state index in [1.54, 1.807) is 11.9 Å². The number of hydrogen-bond donors (Lipinski definition) is 0. The van der Waals surface area contributed by atoms with E-state index in [1.807, 2.05) is 0 Å². The molecular formula is C15H13ClF3N5. The van der Waals surface area contributed by atoms with Gasteiger partial charge in [-0.25, -0.2) is 18.2 Å². The molecular weight excluding hydrogens is 343 g/mol. The summed E-state index contributed by atoms with van der Waals surface area (Å²) in [5.74, 6) is -2.26. The van der Waals surface area contributed by atoms with Gasteiger partial charge in [0.2, 0.25) is 0 Å². The molecule has 0 radical (unpaired) electrons. The lowest BCUT2D eigenvalue weighted by Gasteiger charge is -2.22. The van der Waals surface area contributed by atoms with Crippen molar-refractivity contribution in [2.75, 3.05) is 24.4 Å². The first-order valence-corrected chi connectivity index (χ1v) is 7.67. The van der Waals surface area contributed by atoms with Crippen LogP contribution in [0.15, 0.2) is 24.7 Å². The van der Waals surface area contributed by atoms with Crippen LogP contribution < -0.4 is 4.90 Å². The van der Waals surface area contributed by atoms with Crippen molar-refractivity contribution < 1.29 is 13.2 Å². The molecule has 3 aromatic rings. The highest BCUT2D eigenvalue weighted by Gasteiger charge is 2.23. The lowest BCUT2D eigenvalue weighted by Crippen LogP contribution is -2.23. The standard InChI is InChI=1S/C15H13ClF3N5/c1-23(6-2-5-16)14-9(7-20-15-21-8-22-24(14)15)12-10(17)3-4-11(18)13(12)19/h3-4,7-8H,2,5-6H2,1H3. The van der Waals surface area contributed by atoms with E-state index >= 15 is 0 Å². The number of hydrogen-bond acceptors (Lipinski definition) is 4. The minimum Gasteiger partial charge on any atom is -0.359 e. The highest BCUT2D eigenvalue weighted by atomic mass is 35.5. The molecule has 0 aliphatic rings. The zero-order chi connectivity index (χ0) is 17.3. The Balaban J connectivity index is 2.27. The maximum atomic E-state index is 14.2. The van der Waals surface area contributed by atoms with Crippen molar-refractivity contribution in [2.24, 2.45) is 0 Å². The largest absolute Gasteiger partial charge is 0.359 e. The molecule has 9 heteroatoms. The molecule has 1 aromatic carbocycles. The fourth-order valence-electron chi connectivity index (χ4n) is 2.49. The molecule has 0 atom stereocenters. The second kappa shape index (κ2) is 6.64. The predicted octanol–water partition coefficient (Wildman–Crippen LogP) is 3.27. The van der Waals surface area contributed by atoms with E-state index in [-0.39, 0.29) is 11.3 Å². The Kier molecular flexibility index (Phi) is 4.57. The molecule has 5 nitrogen and oxygen atoms in total. The Hall–Kier alpha value is -2.35. The van der Waals surface area contributed by atoms with E-state index in [9.17, 15) is 13.2 Å². The number of alkyl halides is 1. The average molecular weight is 356 g/mol. The molecule has 126 valence electrons. The highest BCUT2D eigenvalue weighted by molar-refractivity contribution is 6.17. The molecule has 3 rings (SSSR count). The Morgan fingerprint density at radius 3 is 2.67 bits per heavy atom. The van der Waals surface area contributed by atoms with Gasteiger partial charge in [-0.05, 0) is 18.6 Å². The molecule has 2 heterocycles. The van der Waals surface area contributed by atoms with Crippen LogP contribution >= 0.6 is 11.6 Å². The molecule has 0 spiro atoms. The summed E-state index contributed by atoms with van der Waals surface area (Å²) in [6, 6.07) is 1.62. The van der Waals surface area contributed by atoms with E-state index in [1.165, 1.54) is 17.0 Å². The van der Waals surface area contributed by atoms with Crippen molar-refractivity contribution in [3.63, 3.8) is 0 Å². The molecule has 0 bridgehead atoms. The predicted molar refractivity (Wildman–Crippen MR) is 84.7 cm³/mol. The van der Waals surface area contributed by atoms with Gasteiger partial charge < -0.3 is 4.90 Å². The van der Waals surface area contributed by atoms with Crippen LogP contribution in [0.5, 0.6) is 0 Å². The lowest BCUT2D eigenvalue weighted by atomic mass is 10.1. The summed E-state index contributed by atoms with van der Waals surface area (Å²) in [5.41, 5.74) is -0.410. The SMILES string of the molecule is CN(CCCCl)c1c(-c2c(F)ccc(F)c2F)cnc2ncnn12. The van der Waals surface area contributed by atoms with Gasteiger partial charge >= 0.3 is 0 Å². The monoisotopic (exact) mass is 355 g/mol. The number of fused-ring (bicyclic) bond motifs is 1. The van der Waals surface area contributed by atoms with Crippen molar-refractivity contribution in [3.05, 3.63) is 42.1 Å². The van der Waals surface area contributed by atoms with E-state index < -0.39 is 23.0 Å². The van der Waals surface area contributed by atoms with Crippen molar-refractivity contribution >= 4 is 23.2 Å². The summed E-state index contributed by atoms with van der Waals surface area (Å²) in [5, 5.41) is 4.05. The van der Waals surface area contributed by atoms with Crippen molar-refractivity contribution in [1.82, 2.24) is 19.6 Å². The first-order valence-electron chi connectivity index (χ1n) is 7.14. The molecule has 24 heavy (non-hydrogen) atoms. The summed E-state index contributed by atoms with van der Waals surface area (Å²) in [6.45, 7) is 0.508. The zero-order valence-electron chi connectivity index (χ0n) is 12.7. The van der Waals surface area contributed by atoms with Crippen LogP contribution in [0.2, 0.25) is 0 Å². The summed E-state index contributed by atoms with van der Waals surface area (Å²) in [6.07, 6.45) is 3.19. The second-order valence-electron chi connectivity index (χ2n) is 5.15. The van der Waals surface area contributed by atoms with E-state index in [4.69, 9.17) is 11.6 Å². The minimum absolute atomic E-state index is 0.0829. The van der Waals surface area contributed by atoms with E-state index in [0.717, 1.165) is 12.1 Å². The topological polar surface area (TPSA) is 46.3 Å².